The van der Waals surface area contributed by atoms with Crippen LogP contribution in [0.5, 0.6) is 0 Å². The van der Waals surface area contributed by atoms with Gasteiger partial charge in [0.15, 0.2) is 9.84 Å². The van der Waals surface area contributed by atoms with Gasteiger partial charge < -0.3 is 10.6 Å². The predicted molar refractivity (Wildman–Crippen MR) is 84.8 cm³/mol. The van der Waals surface area contributed by atoms with Crippen LogP contribution in [0.2, 0.25) is 0 Å². The average molecular weight is 327 g/mol. The molecule has 1 saturated heterocycles. The summed E-state index contributed by atoms with van der Waals surface area (Å²) in [4.78, 5) is 12.7. The van der Waals surface area contributed by atoms with E-state index in [9.17, 15) is 18.5 Å². The van der Waals surface area contributed by atoms with Crippen LogP contribution in [0, 0.1) is 16.0 Å². The summed E-state index contributed by atoms with van der Waals surface area (Å²) in [6.07, 6.45) is 2.80. The third-order valence-corrected chi connectivity index (χ3v) is 5.31. The van der Waals surface area contributed by atoms with Crippen molar-refractivity contribution < 1.29 is 13.3 Å². The van der Waals surface area contributed by atoms with Crippen molar-refractivity contribution in [2.45, 2.75) is 30.7 Å². The number of hydrogen-bond donors (Lipinski definition) is 1. The second-order valence-electron chi connectivity index (χ2n) is 5.86. The van der Waals surface area contributed by atoms with Crippen molar-refractivity contribution in [3.8, 4) is 0 Å². The van der Waals surface area contributed by atoms with Gasteiger partial charge >= 0.3 is 0 Å². The van der Waals surface area contributed by atoms with E-state index in [-0.39, 0.29) is 16.6 Å². The van der Waals surface area contributed by atoms with Crippen LogP contribution in [-0.4, -0.2) is 38.7 Å². The lowest BCUT2D eigenvalue weighted by Gasteiger charge is -2.34. The number of nitro benzene ring substituents is 1. The zero-order chi connectivity index (χ0) is 16.5. The van der Waals surface area contributed by atoms with Crippen LogP contribution in [0.1, 0.15) is 19.8 Å². The van der Waals surface area contributed by atoms with Gasteiger partial charge in [-0.05, 0) is 37.8 Å². The van der Waals surface area contributed by atoms with Crippen LogP contribution < -0.4 is 10.6 Å². The molecular weight excluding hydrogens is 306 g/mol. The van der Waals surface area contributed by atoms with Gasteiger partial charge in [0.1, 0.15) is 5.69 Å². The third-order valence-electron chi connectivity index (χ3n) is 4.20. The number of rotatable bonds is 4. The predicted octanol–water partition coefficient (Wildman–Crippen LogP) is 1.56. The molecule has 0 radical (unpaired) electrons. The van der Waals surface area contributed by atoms with Crippen molar-refractivity contribution in [1.29, 1.82) is 0 Å². The van der Waals surface area contributed by atoms with E-state index in [1.165, 1.54) is 12.1 Å². The molecule has 1 aliphatic heterocycles. The number of sulfone groups is 1. The van der Waals surface area contributed by atoms with Gasteiger partial charge in [0.25, 0.3) is 5.69 Å². The van der Waals surface area contributed by atoms with Gasteiger partial charge in [0, 0.05) is 31.5 Å². The molecule has 22 heavy (non-hydrogen) atoms. The molecule has 1 aromatic rings. The highest BCUT2D eigenvalue weighted by Gasteiger charge is 2.27. The van der Waals surface area contributed by atoms with E-state index in [1.807, 2.05) is 11.8 Å². The summed E-state index contributed by atoms with van der Waals surface area (Å²) < 4.78 is 23.1. The van der Waals surface area contributed by atoms with E-state index < -0.39 is 14.8 Å². The summed E-state index contributed by atoms with van der Waals surface area (Å²) in [5.74, 6) is 0.422. The van der Waals surface area contributed by atoms with Crippen molar-refractivity contribution in [2.75, 3.05) is 24.2 Å². The number of nitro groups is 1. The molecular formula is C14H21N3O4S. The van der Waals surface area contributed by atoms with Gasteiger partial charge in [-0.2, -0.15) is 0 Å². The summed E-state index contributed by atoms with van der Waals surface area (Å²) in [6.45, 7) is 3.35. The third kappa shape index (κ3) is 3.56. The van der Waals surface area contributed by atoms with Crippen LogP contribution in [0.3, 0.4) is 0 Å². The zero-order valence-electron chi connectivity index (χ0n) is 12.7. The van der Waals surface area contributed by atoms with Crippen LogP contribution in [0.25, 0.3) is 0 Å². The molecule has 1 atom stereocenters. The Kier molecular flexibility index (Phi) is 4.72. The number of nitrogens with two attached hydrogens (primary N) is 1. The molecule has 122 valence electrons. The lowest BCUT2D eigenvalue weighted by Crippen LogP contribution is -2.39. The molecule has 1 heterocycles. The Labute approximate surface area is 130 Å². The fraction of sp³-hybridized carbons (Fsp3) is 0.571. The topological polar surface area (TPSA) is 107 Å². The molecule has 1 aliphatic rings. The molecule has 1 aromatic carbocycles. The Balaban J connectivity index is 2.30. The highest BCUT2D eigenvalue weighted by Crippen LogP contribution is 2.33. The van der Waals surface area contributed by atoms with Crippen LogP contribution in [0.15, 0.2) is 23.1 Å². The molecule has 1 fully saturated rings. The maximum absolute atomic E-state index is 11.6. The zero-order valence-corrected chi connectivity index (χ0v) is 13.5. The van der Waals surface area contributed by atoms with Crippen LogP contribution in [0.4, 0.5) is 11.4 Å². The first-order chi connectivity index (χ1) is 10.2. The molecule has 8 heteroatoms. The summed E-state index contributed by atoms with van der Waals surface area (Å²) in [5.41, 5.74) is 6.21. The first kappa shape index (κ1) is 16.7. The Morgan fingerprint density at radius 2 is 1.95 bits per heavy atom. The summed E-state index contributed by atoms with van der Waals surface area (Å²) in [6, 6.07) is 4.21. The van der Waals surface area contributed by atoms with Gasteiger partial charge in [-0.3, -0.25) is 10.1 Å². The lowest BCUT2D eigenvalue weighted by atomic mass is 9.90. The summed E-state index contributed by atoms with van der Waals surface area (Å²) >= 11 is 0. The normalized spacial score (nSPS) is 18.2. The minimum absolute atomic E-state index is 0.0339. The SMILES string of the molecule is CC(N)C1CCN(c2ccc(S(C)(=O)=O)cc2[N+](=O)[O-])CC1. The molecule has 0 saturated carbocycles. The average Bonchev–Trinajstić information content (AvgIpc) is 2.45. The van der Waals surface area contributed by atoms with E-state index in [0.717, 1.165) is 25.2 Å². The molecule has 7 nitrogen and oxygen atoms in total. The molecule has 2 rings (SSSR count). The number of hydrogen-bond acceptors (Lipinski definition) is 6. The largest absolute Gasteiger partial charge is 0.366 e. The van der Waals surface area contributed by atoms with E-state index >= 15 is 0 Å². The number of benzene rings is 1. The van der Waals surface area contributed by atoms with E-state index in [4.69, 9.17) is 5.73 Å². The maximum atomic E-state index is 11.6. The van der Waals surface area contributed by atoms with E-state index in [0.29, 0.717) is 24.7 Å². The second kappa shape index (κ2) is 6.21. The smallest absolute Gasteiger partial charge is 0.293 e. The van der Waals surface area contributed by atoms with Crippen molar-refractivity contribution in [3.05, 3.63) is 28.3 Å². The molecule has 0 spiro atoms. The Morgan fingerprint density at radius 1 is 1.36 bits per heavy atom. The van der Waals surface area contributed by atoms with Crippen molar-refractivity contribution in [2.24, 2.45) is 11.7 Å². The number of anilines is 1. The van der Waals surface area contributed by atoms with Gasteiger partial charge in [-0.15, -0.1) is 0 Å². The van der Waals surface area contributed by atoms with E-state index in [2.05, 4.69) is 0 Å². The summed E-state index contributed by atoms with van der Waals surface area (Å²) in [5, 5.41) is 11.3. The Morgan fingerprint density at radius 3 is 2.41 bits per heavy atom. The standard InChI is InChI=1S/C14H21N3O4S/c1-10(15)11-5-7-16(8-6-11)13-4-3-12(22(2,20)21)9-14(13)17(18)19/h3-4,9-11H,5-8,15H2,1-2H3. The molecule has 0 aliphatic carbocycles. The van der Waals surface area contributed by atoms with Gasteiger partial charge in [-0.1, -0.05) is 0 Å². The first-order valence-electron chi connectivity index (χ1n) is 7.19. The first-order valence-corrected chi connectivity index (χ1v) is 9.08. The van der Waals surface area contributed by atoms with Gasteiger partial charge in [0.05, 0.1) is 9.82 Å². The molecule has 0 aromatic heterocycles. The van der Waals surface area contributed by atoms with Gasteiger partial charge in [-0.25, -0.2) is 8.42 Å². The molecule has 0 amide bonds. The highest BCUT2D eigenvalue weighted by atomic mass is 32.2. The van der Waals surface area contributed by atoms with Crippen LogP contribution in [-0.2, 0) is 9.84 Å². The lowest BCUT2D eigenvalue weighted by molar-refractivity contribution is -0.384. The number of piperidine rings is 1. The van der Waals surface area contributed by atoms with Crippen molar-refractivity contribution >= 4 is 21.2 Å². The van der Waals surface area contributed by atoms with Crippen molar-refractivity contribution in [3.63, 3.8) is 0 Å². The maximum Gasteiger partial charge on any atom is 0.293 e. The molecule has 1 unspecified atom stereocenters. The number of nitrogens with zero attached hydrogens (tertiary/aromatic N) is 2. The fourth-order valence-electron chi connectivity index (χ4n) is 2.81. The molecule has 0 bridgehead atoms. The summed E-state index contributed by atoms with van der Waals surface area (Å²) in [7, 11) is -3.47. The van der Waals surface area contributed by atoms with Crippen LogP contribution >= 0.6 is 0 Å². The van der Waals surface area contributed by atoms with E-state index in [1.54, 1.807) is 0 Å². The van der Waals surface area contributed by atoms with Crippen molar-refractivity contribution in [1.82, 2.24) is 0 Å². The van der Waals surface area contributed by atoms with Gasteiger partial charge in [0.2, 0.25) is 0 Å². The fourth-order valence-corrected chi connectivity index (χ4v) is 3.45. The Bertz CT molecular complexity index is 665. The quantitative estimate of drug-likeness (QED) is 0.664. The molecule has 2 N–H and O–H groups in total. The monoisotopic (exact) mass is 327 g/mol. The minimum atomic E-state index is -3.47. The highest BCUT2D eigenvalue weighted by molar-refractivity contribution is 7.90. The minimum Gasteiger partial charge on any atom is -0.366 e. The second-order valence-corrected chi connectivity index (χ2v) is 7.88. The Hall–Kier alpha value is -1.67.